The van der Waals surface area contributed by atoms with E-state index in [0.717, 1.165) is 12.3 Å². The molecule has 0 spiro atoms. The van der Waals surface area contributed by atoms with Crippen LogP contribution < -0.4 is 4.90 Å². The van der Waals surface area contributed by atoms with Crippen LogP contribution in [0.15, 0.2) is 17.0 Å². The fourth-order valence-corrected chi connectivity index (χ4v) is 4.39. The average molecular weight is 365 g/mol. The number of aliphatic hydroxyl groups excluding tert-OH is 2. The summed E-state index contributed by atoms with van der Waals surface area (Å²) in [5, 5.41) is 19.6. The first-order valence-electron chi connectivity index (χ1n) is 7.55. The van der Waals surface area contributed by atoms with Crippen molar-refractivity contribution in [2.75, 3.05) is 24.2 Å². The van der Waals surface area contributed by atoms with Crippen LogP contribution in [0.3, 0.4) is 0 Å². The van der Waals surface area contributed by atoms with Gasteiger partial charge >= 0.3 is 5.92 Å². The highest BCUT2D eigenvalue weighted by atomic mass is 32.2. The monoisotopic (exact) mass is 365 g/mol. The number of aliphatic hydroxyl groups is 2. The van der Waals surface area contributed by atoms with E-state index in [1.54, 1.807) is 4.90 Å². The number of piperidine rings is 1. The number of hydrogen-bond acceptors (Lipinski definition) is 5. The molecule has 1 saturated heterocycles. The van der Waals surface area contributed by atoms with Crippen LogP contribution in [0.2, 0.25) is 0 Å². The van der Waals surface area contributed by atoms with Crippen LogP contribution in [0.4, 0.5) is 18.9 Å². The van der Waals surface area contributed by atoms with E-state index >= 15 is 0 Å². The van der Waals surface area contributed by atoms with Gasteiger partial charge in [0.25, 0.3) is 0 Å². The molecule has 3 rings (SSSR count). The molecule has 0 bridgehead atoms. The van der Waals surface area contributed by atoms with Gasteiger partial charge in [0, 0.05) is 36.2 Å². The summed E-state index contributed by atoms with van der Waals surface area (Å²) in [7, 11) is -3.92. The highest BCUT2D eigenvalue weighted by molar-refractivity contribution is 7.90. The molecular weight excluding hydrogens is 347 g/mol. The van der Waals surface area contributed by atoms with Gasteiger partial charge in [-0.3, -0.25) is 0 Å². The molecule has 1 aromatic rings. The maximum absolute atomic E-state index is 14.4. The molecule has 0 radical (unpaired) electrons. The Kier molecular flexibility index (Phi) is 4.09. The van der Waals surface area contributed by atoms with Gasteiger partial charge in [-0.1, -0.05) is 0 Å². The minimum absolute atomic E-state index is 0.0971. The normalized spacial score (nSPS) is 29.6. The lowest BCUT2D eigenvalue weighted by Gasteiger charge is -2.33. The van der Waals surface area contributed by atoms with Gasteiger partial charge in [0.15, 0.2) is 16.0 Å². The van der Waals surface area contributed by atoms with Gasteiger partial charge in [-0.15, -0.1) is 0 Å². The quantitative estimate of drug-likeness (QED) is 0.835. The Morgan fingerprint density at radius 3 is 2.50 bits per heavy atom. The molecule has 2 N–H and O–H groups in total. The lowest BCUT2D eigenvalue weighted by Crippen LogP contribution is -2.39. The van der Waals surface area contributed by atoms with E-state index in [9.17, 15) is 31.8 Å². The third-order valence-electron chi connectivity index (χ3n) is 4.59. The second-order valence-corrected chi connectivity index (χ2v) is 8.35. The van der Waals surface area contributed by atoms with E-state index in [-0.39, 0.29) is 12.2 Å². The molecule has 0 aromatic heterocycles. The maximum Gasteiger partial charge on any atom is 0.312 e. The third-order valence-corrected chi connectivity index (χ3v) is 5.75. The molecule has 1 fully saturated rings. The van der Waals surface area contributed by atoms with Crippen molar-refractivity contribution in [1.29, 1.82) is 0 Å². The van der Waals surface area contributed by atoms with Crippen LogP contribution in [0.5, 0.6) is 0 Å². The number of rotatable bonds is 2. The molecule has 2 aliphatic rings. The summed E-state index contributed by atoms with van der Waals surface area (Å²) >= 11 is 0. The Morgan fingerprint density at radius 1 is 1.25 bits per heavy atom. The molecule has 5 nitrogen and oxygen atoms in total. The average Bonchev–Trinajstić information content (AvgIpc) is 2.67. The van der Waals surface area contributed by atoms with Crippen molar-refractivity contribution in [2.24, 2.45) is 0 Å². The van der Waals surface area contributed by atoms with Gasteiger partial charge in [-0.05, 0) is 25.0 Å². The third kappa shape index (κ3) is 2.58. The van der Waals surface area contributed by atoms with Crippen molar-refractivity contribution in [2.45, 2.75) is 42.0 Å². The fraction of sp³-hybridized carbons (Fsp3) is 0.600. The van der Waals surface area contributed by atoms with Crippen molar-refractivity contribution in [3.63, 3.8) is 0 Å². The predicted octanol–water partition coefficient (Wildman–Crippen LogP) is 1.74. The Balaban J connectivity index is 2.22. The predicted molar refractivity (Wildman–Crippen MR) is 80.8 cm³/mol. The summed E-state index contributed by atoms with van der Waals surface area (Å²) in [5.41, 5.74) is -0.975. The Morgan fingerprint density at radius 2 is 1.92 bits per heavy atom. The zero-order chi connectivity index (χ0) is 17.9. The molecule has 3 atom stereocenters. The van der Waals surface area contributed by atoms with Crippen LogP contribution in [0.1, 0.15) is 36.2 Å². The number of halogens is 3. The zero-order valence-corrected chi connectivity index (χ0v) is 13.7. The molecule has 1 unspecified atom stereocenters. The summed E-state index contributed by atoms with van der Waals surface area (Å²) in [6.07, 6.45) is -4.03. The van der Waals surface area contributed by atoms with Crippen molar-refractivity contribution >= 4 is 15.5 Å². The molecule has 1 aliphatic heterocycles. The van der Waals surface area contributed by atoms with E-state index < -0.39 is 50.2 Å². The van der Waals surface area contributed by atoms with Crippen molar-refractivity contribution < 1.29 is 31.8 Å². The Labute approximate surface area is 137 Å². The lowest BCUT2D eigenvalue weighted by molar-refractivity contribution is -0.143. The largest absolute Gasteiger partial charge is 0.391 e. The topological polar surface area (TPSA) is 77.8 Å². The standard InChI is InChI=1S/C15H18F3NO4S/c1-24(22,23)10-5-4-9(19-6-2-3-8(20)7-19)11-12(10)14(21)15(17,18)13(11)16/h4-5,8,13-14,20-21H,2-3,6-7H2,1H3/t8?,13-,14+/m1/s1. The first-order valence-corrected chi connectivity index (χ1v) is 9.44. The second kappa shape index (κ2) is 5.60. The Hall–Kier alpha value is -1.32. The Bertz CT molecular complexity index is 768. The minimum Gasteiger partial charge on any atom is -0.391 e. The number of alkyl halides is 3. The lowest BCUT2D eigenvalue weighted by atomic mass is 10.0. The molecule has 1 aliphatic carbocycles. The highest BCUT2D eigenvalue weighted by Gasteiger charge is 2.58. The first kappa shape index (κ1) is 17.5. The number of benzene rings is 1. The van der Waals surface area contributed by atoms with E-state index in [0.29, 0.717) is 19.4 Å². The molecule has 0 amide bonds. The summed E-state index contributed by atoms with van der Waals surface area (Å²) in [4.78, 5) is 1.06. The second-order valence-electron chi connectivity index (χ2n) is 6.36. The highest BCUT2D eigenvalue weighted by Crippen LogP contribution is 2.57. The van der Waals surface area contributed by atoms with Gasteiger partial charge < -0.3 is 15.1 Å². The number of β-amino-alcohol motifs (C(OH)–C–C–N with tert-alkyl or cyclic N) is 1. The summed E-state index contributed by atoms with van der Waals surface area (Å²) < 4.78 is 66.2. The van der Waals surface area contributed by atoms with Gasteiger partial charge in [0.1, 0.15) is 6.10 Å². The summed E-state index contributed by atoms with van der Waals surface area (Å²) in [6.45, 7) is 0.565. The molecule has 24 heavy (non-hydrogen) atoms. The van der Waals surface area contributed by atoms with E-state index in [2.05, 4.69) is 0 Å². The van der Waals surface area contributed by atoms with Crippen LogP contribution >= 0.6 is 0 Å². The van der Waals surface area contributed by atoms with Crippen LogP contribution in [0.25, 0.3) is 0 Å². The number of sulfone groups is 1. The number of nitrogens with zero attached hydrogens (tertiary/aromatic N) is 1. The van der Waals surface area contributed by atoms with Crippen LogP contribution in [-0.4, -0.2) is 50.0 Å². The number of hydrogen-bond donors (Lipinski definition) is 2. The first-order chi connectivity index (χ1) is 11.0. The van der Waals surface area contributed by atoms with Crippen molar-refractivity contribution in [3.05, 3.63) is 23.3 Å². The van der Waals surface area contributed by atoms with Crippen LogP contribution in [0, 0.1) is 0 Å². The molecule has 1 heterocycles. The zero-order valence-electron chi connectivity index (χ0n) is 12.9. The van der Waals surface area contributed by atoms with E-state index in [1.807, 2.05) is 0 Å². The molecule has 134 valence electrons. The van der Waals surface area contributed by atoms with Gasteiger partial charge in [-0.2, -0.15) is 8.78 Å². The van der Waals surface area contributed by atoms with Crippen molar-refractivity contribution in [3.8, 4) is 0 Å². The smallest absolute Gasteiger partial charge is 0.312 e. The van der Waals surface area contributed by atoms with Gasteiger partial charge in [-0.25, -0.2) is 12.8 Å². The molecule has 9 heteroatoms. The van der Waals surface area contributed by atoms with Gasteiger partial charge in [0.05, 0.1) is 11.0 Å². The molecule has 1 aromatic carbocycles. The van der Waals surface area contributed by atoms with E-state index in [1.165, 1.54) is 6.07 Å². The molecular formula is C15H18F3NO4S. The summed E-state index contributed by atoms with van der Waals surface area (Å²) in [6, 6.07) is 2.38. The SMILES string of the molecule is CS(=O)(=O)c1ccc(N2CCCC(O)C2)c2c1[C@H](O)C(F)(F)[C@@H]2F. The van der Waals surface area contributed by atoms with E-state index in [4.69, 9.17) is 0 Å². The van der Waals surface area contributed by atoms with Gasteiger partial charge in [0.2, 0.25) is 0 Å². The summed E-state index contributed by atoms with van der Waals surface area (Å²) in [5.74, 6) is -4.10. The fourth-order valence-electron chi connectivity index (χ4n) is 3.45. The van der Waals surface area contributed by atoms with Crippen molar-refractivity contribution in [1.82, 2.24) is 0 Å². The number of anilines is 1. The molecule has 0 saturated carbocycles. The number of fused-ring (bicyclic) bond motifs is 1. The maximum atomic E-state index is 14.4. The van der Waals surface area contributed by atoms with Crippen LogP contribution in [-0.2, 0) is 9.84 Å². The minimum atomic E-state index is -4.10.